The van der Waals surface area contributed by atoms with Gasteiger partial charge in [0.05, 0.1) is 6.04 Å². The quantitative estimate of drug-likeness (QED) is 0.751. The van der Waals surface area contributed by atoms with E-state index < -0.39 is 0 Å². The number of carbonyl (C=O) groups is 1. The van der Waals surface area contributed by atoms with Gasteiger partial charge in [0, 0.05) is 12.1 Å². The summed E-state index contributed by atoms with van der Waals surface area (Å²) in [5.74, 6) is 1.02. The molecule has 0 spiro atoms. The van der Waals surface area contributed by atoms with E-state index in [1.165, 1.54) is 32.1 Å². The Bertz CT molecular complexity index is 252. The average molecular weight is 224 g/mol. The first-order chi connectivity index (χ1) is 7.66. The summed E-state index contributed by atoms with van der Waals surface area (Å²) in [6.45, 7) is 4.04. The zero-order chi connectivity index (χ0) is 11.5. The van der Waals surface area contributed by atoms with Gasteiger partial charge in [-0.15, -0.1) is 0 Å². The van der Waals surface area contributed by atoms with Gasteiger partial charge in [-0.2, -0.15) is 0 Å². The Kier molecular flexibility index (Phi) is 3.85. The standard InChI is InChI=1S/C13H24N2O/c1-9(2)14-13(16)12-8-7-10-5-3-4-6-11(10)15-12/h9-12,15H,3-8H2,1-2H3,(H,14,16)/t10-,11-,12?/m1/s1. The van der Waals surface area contributed by atoms with Crippen molar-refractivity contribution in [1.29, 1.82) is 0 Å². The topological polar surface area (TPSA) is 41.1 Å². The molecule has 0 radical (unpaired) electrons. The SMILES string of the molecule is CC(C)NC(=O)C1CC[C@H]2CCCC[C@H]2N1. The Hall–Kier alpha value is -0.570. The second-order valence-corrected chi connectivity index (χ2v) is 5.61. The molecule has 0 aromatic rings. The maximum atomic E-state index is 11.9. The summed E-state index contributed by atoms with van der Waals surface area (Å²) in [4.78, 5) is 11.9. The third-order valence-electron chi connectivity index (χ3n) is 3.90. The van der Waals surface area contributed by atoms with Crippen LogP contribution in [-0.4, -0.2) is 24.0 Å². The largest absolute Gasteiger partial charge is 0.353 e. The van der Waals surface area contributed by atoms with Crippen LogP contribution in [0.25, 0.3) is 0 Å². The van der Waals surface area contributed by atoms with Crippen molar-refractivity contribution in [2.45, 2.75) is 70.5 Å². The highest BCUT2D eigenvalue weighted by atomic mass is 16.2. The fraction of sp³-hybridized carbons (Fsp3) is 0.923. The van der Waals surface area contributed by atoms with Crippen molar-refractivity contribution in [3.8, 4) is 0 Å². The molecule has 0 bridgehead atoms. The lowest BCUT2D eigenvalue weighted by molar-refractivity contribution is -0.125. The highest BCUT2D eigenvalue weighted by Gasteiger charge is 2.34. The lowest BCUT2D eigenvalue weighted by Gasteiger charge is -2.40. The molecular formula is C13H24N2O. The lowest BCUT2D eigenvalue weighted by Crippen LogP contribution is -2.55. The molecule has 0 aromatic heterocycles. The number of hydrogen-bond acceptors (Lipinski definition) is 2. The molecule has 3 nitrogen and oxygen atoms in total. The second kappa shape index (κ2) is 5.17. The van der Waals surface area contributed by atoms with E-state index >= 15 is 0 Å². The third-order valence-corrected chi connectivity index (χ3v) is 3.90. The predicted octanol–water partition coefficient (Wildman–Crippen LogP) is 1.82. The van der Waals surface area contributed by atoms with Crippen LogP contribution in [-0.2, 0) is 4.79 Å². The molecule has 2 rings (SSSR count). The number of amides is 1. The summed E-state index contributed by atoms with van der Waals surface area (Å²) >= 11 is 0. The molecule has 3 atom stereocenters. The van der Waals surface area contributed by atoms with Gasteiger partial charge < -0.3 is 10.6 Å². The van der Waals surface area contributed by atoms with E-state index in [0.717, 1.165) is 12.3 Å². The van der Waals surface area contributed by atoms with E-state index in [1.54, 1.807) is 0 Å². The predicted molar refractivity (Wildman–Crippen MR) is 65.2 cm³/mol. The number of hydrogen-bond donors (Lipinski definition) is 2. The van der Waals surface area contributed by atoms with Crippen molar-refractivity contribution in [3.05, 3.63) is 0 Å². The second-order valence-electron chi connectivity index (χ2n) is 5.61. The number of piperidine rings is 1. The Labute approximate surface area is 98.4 Å². The van der Waals surface area contributed by atoms with E-state index in [1.807, 2.05) is 13.8 Å². The monoisotopic (exact) mass is 224 g/mol. The van der Waals surface area contributed by atoms with Crippen LogP contribution in [0.3, 0.4) is 0 Å². The summed E-state index contributed by atoms with van der Waals surface area (Å²) in [6.07, 6.45) is 7.57. The lowest BCUT2D eigenvalue weighted by atomic mass is 9.77. The molecule has 1 unspecified atom stereocenters. The van der Waals surface area contributed by atoms with Crippen molar-refractivity contribution < 1.29 is 4.79 Å². The fourth-order valence-corrected chi connectivity index (χ4v) is 3.09. The maximum absolute atomic E-state index is 11.9. The van der Waals surface area contributed by atoms with E-state index in [2.05, 4.69) is 10.6 Å². The normalized spacial score (nSPS) is 34.6. The Morgan fingerprint density at radius 3 is 2.69 bits per heavy atom. The minimum absolute atomic E-state index is 0.0572. The summed E-state index contributed by atoms with van der Waals surface area (Å²) in [7, 11) is 0. The molecule has 1 aliphatic carbocycles. The van der Waals surface area contributed by atoms with E-state index in [9.17, 15) is 4.79 Å². The zero-order valence-corrected chi connectivity index (χ0v) is 10.5. The van der Waals surface area contributed by atoms with Crippen LogP contribution in [0.2, 0.25) is 0 Å². The molecule has 1 saturated heterocycles. The fourth-order valence-electron chi connectivity index (χ4n) is 3.09. The molecule has 2 N–H and O–H groups in total. The summed E-state index contributed by atoms with van der Waals surface area (Å²) < 4.78 is 0. The Balaban J connectivity index is 1.87. The van der Waals surface area contributed by atoms with Crippen LogP contribution < -0.4 is 10.6 Å². The first-order valence-corrected chi connectivity index (χ1v) is 6.73. The highest BCUT2D eigenvalue weighted by molar-refractivity contribution is 5.82. The number of nitrogens with one attached hydrogen (secondary N) is 2. The van der Waals surface area contributed by atoms with E-state index in [4.69, 9.17) is 0 Å². The molecule has 16 heavy (non-hydrogen) atoms. The highest BCUT2D eigenvalue weighted by Crippen LogP contribution is 2.32. The van der Waals surface area contributed by atoms with Gasteiger partial charge in [-0.1, -0.05) is 12.8 Å². The molecule has 1 aliphatic heterocycles. The van der Waals surface area contributed by atoms with Crippen LogP contribution >= 0.6 is 0 Å². The van der Waals surface area contributed by atoms with Crippen molar-refractivity contribution in [2.75, 3.05) is 0 Å². The Morgan fingerprint density at radius 1 is 1.19 bits per heavy atom. The van der Waals surface area contributed by atoms with Crippen molar-refractivity contribution in [1.82, 2.24) is 10.6 Å². The van der Waals surface area contributed by atoms with Crippen LogP contribution in [0.4, 0.5) is 0 Å². The van der Waals surface area contributed by atoms with Gasteiger partial charge in [-0.3, -0.25) is 4.79 Å². The van der Waals surface area contributed by atoms with Crippen LogP contribution in [0, 0.1) is 5.92 Å². The molecule has 1 saturated carbocycles. The number of rotatable bonds is 2. The molecule has 2 fully saturated rings. The molecule has 1 amide bonds. The van der Waals surface area contributed by atoms with Crippen molar-refractivity contribution >= 4 is 5.91 Å². The summed E-state index contributed by atoms with van der Waals surface area (Å²) in [5.41, 5.74) is 0. The van der Waals surface area contributed by atoms with E-state index in [0.29, 0.717) is 6.04 Å². The molecule has 3 heteroatoms. The van der Waals surface area contributed by atoms with Crippen LogP contribution in [0.1, 0.15) is 52.4 Å². The van der Waals surface area contributed by atoms with Gasteiger partial charge in [0.2, 0.25) is 5.91 Å². The van der Waals surface area contributed by atoms with Gasteiger partial charge in [0.15, 0.2) is 0 Å². The molecule has 92 valence electrons. The number of fused-ring (bicyclic) bond motifs is 1. The summed E-state index contributed by atoms with van der Waals surface area (Å²) in [5, 5.41) is 6.56. The molecular weight excluding hydrogens is 200 g/mol. The number of carbonyl (C=O) groups excluding carboxylic acids is 1. The first-order valence-electron chi connectivity index (χ1n) is 6.73. The molecule has 1 heterocycles. The van der Waals surface area contributed by atoms with Gasteiger partial charge in [0.25, 0.3) is 0 Å². The van der Waals surface area contributed by atoms with Gasteiger partial charge in [-0.25, -0.2) is 0 Å². The minimum atomic E-state index is 0.0572. The van der Waals surface area contributed by atoms with Crippen LogP contribution in [0.5, 0.6) is 0 Å². The minimum Gasteiger partial charge on any atom is -0.353 e. The maximum Gasteiger partial charge on any atom is 0.237 e. The molecule has 2 aliphatic rings. The zero-order valence-electron chi connectivity index (χ0n) is 10.5. The van der Waals surface area contributed by atoms with Crippen LogP contribution in [0.15, 0.2) is 0 Å². The van der Waals surface area contributed by atoms with Gasteiger partial charge >= 0.3 is 0 Å². The van der Waals surface area contributed by atoms with Gasteiger partial charge in [-0.05, 0) is 45.4 Å². The average Bonchev–Trinajstić information content (AvgIpc) is 2.27. The first kappa shape index (κ1) is 11.9. The van der Waals surface area contributed by atoms with Crippen molar-refractivity contribution in [3.63, 3.8) is 0 Å². The summed E-state index contributed by atoms with van der Waals surface area (Å²) in [6, 6.07) is 0.908. The van der Waals surface area contributed by atoms with E-state index in [-0.39, 0.29) is 18.0 Å². The third kappa shape index (κ3) is 2.76. The van der Waals surface area contributed by atoms with Gasteiger partial charge in [0.1, 0.15) is 0 Å². The molecule has 0 aromatic carbocycles. The Morgan fingerprint density at radius 2 is 1.94 bits per heavy atom. The van der Waals surface area contributed by atoms with Crippen molar-refractivity contribution in [2.24, 2.45) is 5.92 Å². The smallest absolute Gasteiger partial charge is 0.237 e.